The van der Waals surface area contributed by atoms with Crippen LogP contribution in [0.3, 0.4) is 0 Å². The Balaban J connectivity index is 1.68. The van der Waals surface area contributed by atoms with Crippen LogP contribution in [0.25, 0.3) is 0 Å². The lowest BCUT2D eigenvalue weighted by Crippen LogP contribution is -2.29. The number of nitrogens with one attached hydrogen (secondary N) is 1. The zero-order valence-corrected chi connectivity index (χ0v) is 14.2. The van der Waals surface area contributed by atoms with E-state index < -0.39 is 0 Å². The summed E-state index contributed by atoms with van der Waals surface area (Å²) in [6.45, 7) is 2.79. The highest BCUT2D eigenvalue weighted by Gasteiger charge is 2.07. The van der Waals surface area contributed by atoms with E-state index >= 15 is 0 Å². The predicted molar refractivity (Wildman–Crippen MR) is 95.5 cm³/mol. The first-order valence-electron chi connectivity index (χ1n) is 7.29. The van der Waals surface area contributed by atoms with Crippen molar-refractivity contribution < 1.29 is 4.79 Å². The van der Waals surface area contributed by atoms with Crippen LogP contribution in [0.1, 0.15) is 24.0 Å². The third kappa shape index (κ3) is 5.74. The number of thioether (sulfide) groups is 1. The lowest BCUT2D eigenvalue weighted by atomic mass is 10.0. The molecule has 0 saturated heterocycles. The number of carbonyl (C=O) groups is 1. The monoisotopic (exact) mass is 333 g/mol. The maximum atomic E-state index is 11.9. The van der Waals surface area contributed by atoms with Gasteiger partial charge in [-0.25, -0.2) is 0 Å². The van der Waals surface area contributed by atoms with Gasteiger partial charge in [0.1, 0.15) is 0 Å². The second-order valence-corrected chi connectivity index (χ2v) is 6.66. The Morgan fingerprint density at radius 2 is 1.95 bits per heavy atom. The molecular weight excluding hydrogens is 314 g/mol. The van der Waals surface area contributed by atoms with Gasteiger partial charge < -0.3 is 5.32 Å². The molecule has 1 amide bonds. The molecule has 0 aromatic heterocycles. The number of benzene rings is 2. The fourth-order valence-electron chi connectivity index (χ4n) is 2.11. The standard InChI is InChI=1S/C18H20ClNOS/c1-14(16-7-3-2-4-8-16)11-20-18(21)13-22-12-15-6-5-9-17(19)10-15/h2-10,14H,11-13H2,1H3,(H,20,21). The van der Waals surface area contributed by atoms with E-state index in [0.717, 1.165) is 16.3 Å². The first-order valence-corrected chi connectivity index (χ1v) is 8.82. The van der Waals surface area contributed by atoms with Gasteiger partial charge in [0.25, 0.3) is 0 Å². The summed E-state index contributed by atoms with van der Waals surface area (Å²) in [5, 5.41) is 3.73. The number of rotatable bonds is 7. The second-order valence-electron chi connectivity index (χ2n) is 5.24. The maximum Gasteiger partial charge on any atom is 0.230 e. The van der Waals surface area contributed by atoms with E-state index in [4.69, 9.17) is 11.6 Å². The van der Waals surface area contributed by atoms with E-state index in [1.54, 1.807) is 11.8 Å². The molecule has 0 aliphatic heterocycles. The minimum absolute atomic E-state index is 0.0785. The first kappa shape index (κ1) is 16.9. The lowest BCUT2D eigenvalue weighted by Gasteiger charge is -2.13. The van der Waals surface area contributed by atoms with Crippen LogP contribution >= 0.6 is 23.4 Å². The average molecular weight is 334 g/mol. The Morgan fingerprint density at radius 1 is 1.18 bits per heavy atom. The van der Waals surface area contributed by atoms with Crippen molar-refractivity contribution in [2.45, 2.75) is 18.6 Å². The molecule has 22 heavy (non-hydrogen) atoms. The number of amides is 1. The van der Waals surface area contributed by atoms with Crippen LogP contribution in [-0.2, 0) is 10.5 Å². The topological polar surface area (TPSA) is 29.1 Å². The highest BCUT2D eigenvalue weighted by atomic mass is 35.5. The van der Waals surface area contributed by atoms with Gasteiger partial charge in [-0.3, -0.25) is 4.79 Å². The summed E-state index contributed by atoms with van der Waals surface area (Å²) in [7, 11) is 0. The van der Waals surface area contributed by atoms with Crippen molar-refractivity contribution in [2.24, 2.45) is 0 Å². The molecule has 0 bridgehead atoms. The number of hydrogen-bond donors (Lipinski definition) is 1. The SMILES string of the molecule is CC(CNC(=O)CSCc1cccc(Cl)c1)c1ccccc1. The smallest absolute Gasteiger partial charge is 0.230 e. The maximum absolute atomic E-state index is 11.9. The molecule has 1 unspecified atom stereocenters. The zero-order chi connectivity index (χ0) is 15.8. The summed E-state index contributed by atoms with van der Waals surface area (Å²) >= 11 is 7.54. The Morgan fingerprint density at radius 3 is 2.68 bits per heavy atom. The van der Waals surface area contributed by atoms with Gasteiger partial charge in [-0.1, -0.05) is 61.0 Å². The van der Waals surface area contributed by atoms with Crippen molar-refractivity contribution in [1.82, 2.24) is 5.32 Å². The van der Waals surface area contributed by atoms with Gasteiger partial charge in [-0.2, -0.15) is 0 Å². The first-order chi connectivity index (χ1) is 10.6. The number of hydrogen-bond acceptors (Lipinski definition) is 2. The summed E-state index contributed by atoms with van der Waals surface area (Å²) in [5.74, 6) is 1.66. The minimum Gasteiger partial charge on any atom is -0.355 e. The van der Waals surface area contributed by atoms with Crippen molar-refractivity contribution in [2.75, 3.05) is 12.3 Å². The van der Waals surface area contributed by atoms with Crippen molar-refractivity contribution in [3.8, 4) is 0 Å². The molecule has 2 aromatic carbocycles. The molecule has 0 aliphatic rings. The predicted octanol–water partition coefficient (Wildman–Crippen LogP) is 4.49. The van der Waals surface area contributed by atoms with Gasteiger partial charge in [-0.15, -0.1) is 11.8 Å². The number of halogens is 1. The zero-order valence-electron chi connectivity index (χ0n) is 12.6. The van der Waals surface area contributed by atoms with Crippen LogP contribution in [-0.4, -0.2) is 18.2 Å². The molecule has 0 aliphatic carbocycles. The largest absolute Gasteiger partial charge is 0.355 e. The van der Waals surface area contributed by atoms with Crippen molar-refractivity contribution >= 4 is 29.3 Å². The quantitative estimate of drug-likeness (QED) is 0.808. The molecule has 116 valence electrons. The van der Waals surface area contributed by atoms with Crippen LogP contribution in [0.4, 0.5) is 0 Å². The van der Waals surface area contributed by atoms with Crippen LogP contribution < -0.4 is 5.32 Å². The Bertz CT molecular complexity index is 603. The molecule has 0 saturated carbocycles. The lowest BCUT2D eigenvalue weighted by molar-refractivity contribution is -0.118. The van der Waals surface area contributed by atoms with Gasteiger partial charge in [-0.05, 0) is 29.2 Å². The van der Waals surface area contributed by atoms with Crippen molar-refractivity contribution in [1.29, 1.82) is 0 Å². The summed E-state index contributed by atoms with van der Waals surface area (Å²) in [4.78, 5) is 11.9. The molecule has 2 rings (SSSR count). The van der Waals surface area contributed by atoms with Crippen molar-refractivity contribution in [3.05, 3.63) is 70.7 Å². The third-order valence-electron chi connectivity index (χ3n) is 3.36. The van der Waals surface area contributed by atoms with Crippen LogP contribution in [0.2, 0.25) is 5.02 Å². The van der Waals surface area contributed by atoms with E-state index in [1.165, 1.54) is 5.56 Å². The third-order valence-corrected chi connectivity index (χ3v) is 4.60. The van der Waals surface area contributed by atoms with Gasteiger partial charge in [0.05, 0.1) is 5.75 Å². The molecule has 0 fully saturated rings. The molecule has 0 spiro atoms. The highest BCUT2D eigenvalue weighted by molar-refractivity contribution is 7.99. The highest BCUT2D eigenvalue weighted by Crippen LogP contribution is 2.17. The summed E-state index contributed by atoms with van der Waals surface area (Å²) in [5.41, 5.74) is 2.39. The van der Waals surface area contributed by atoms with Crippen LogP contribution in [0, 0.1) is 0 Å². The minimum atomic E-state index is 0.0785. The van der Waals surface area contributed by atoms with E-state index in [1.807, 2.05) is 42.5 Å². The summed E-state index contributed by atoms with van der Waals surface area (Å²) in [6.07, 6.45) is 0. The van der Waals surface area contributed by atoms with Gasteiger partial charge >= 0.3 is 0 Å². The fourth-order valence-corrected chi connectivity index (χ4v) is 3.12. The Kier molecular flexibility index (Phi) is 6.81. The summed E-state index contributed by atoms with van der Waals surface area (Å²) < 4.78 is 0. The normalized spacial score (nSPS) is 11.9. The molecule has 1 atom stereocenters. The molecule has 2 aromatic rings. The van der Waals surface area contributed by atoms with E-state index in [9.17, 15) is 4.79 Å². The van der Waals surface area contributed by atoms with E-state index in [2.05, 4.69) is 24.4 Å². The van der Waals surface area contributed by atoms with Gasteiger partial charge in [0.2, 0.25) is 5.91 Å². The van der Waals surface area contributed by atoms with Gasteiger partial charge in [0, 0.05) is 17.3 Å². The number of carbonyl (C=O) groups excluding carboxylic acids is 1. The molecule has 0 heterocycles. The van der Waals surface area contributed by atoms with Gasteiger partial charge in [0.15, 0.2) is 0 Å². The Hall–Kier alpha value is -1.45. The summed E-state index contributed by atoms with van der Waals surface area (Å²) in [6, 6.07) is 18.0. The molecular formula is C18H20ClNOS. The van der Waals surface area contributed by atoms with Crippen LogP contribution in [0.15, 0.2) is 54.6 Å². The molecule has 1 N–H and O–H groups in total. The van der Waals surface area contributed by atoms with E-state index in [-0.39, 0.29) is 5.91 Å². The van der Waals surface area contributed by atoms with E-state index in [0.29, 0.717) is 18.2 Å². The molecule has 4 heteroatoms. The van der Waals surface area contributed by atoms with Crippen LogP contribution in [0.5, 0.6) is 0 Å². The fraction of sp³-hybridized carbons (Fsp3) is 0.278. The second kappa shape index (κ2) is 8.86. The molecule has 0 radical (unpaired) electrons. The van der Waals surface area contributed by atoms with Crippen molar-refractivity contribution in [3.63, 3.8) is 0 Å². The molecule has 2 nitrogen and oxygen atoms in total. The Labute approximate surface area is 141 Å². The average Bonchev–Trinajstić information content (AvgIpc) is 2.53.